The van der Waals surface area contributed by atoms with Crippen LogP contribution in [0.15, 0.2) is 0 Å². The van der Waals surface area contributed by atoms with Crippen LogP contribution in [-0.4, -0.2) is 35.1 Å². The van der Waals surface area contributed by atoms with Crippen molar-refractivity contribution in [2.75, 3.05) is 13.7 Å². The molecule has 1 aliphatic carbocycles. The highest BCUT2D eigenvalue weighted by molar-refractivity contribution is 5.80. The average Bonchev–Trinajstić information content (AvgIpc) is 2.26. The topological polar surface area (TPSA) is 40.5 Å². The maximum absolute atomic E-state index is 12.5. The fourth-order valence-electron chi connectivity index (χ4n) is 2.59. The SMILES string of the molecule is CN(C(=O)C1CCCCC1(C)C)C(C)(C)CO. The van der Waals surface area contributed by atoms with Gasteiger partial charge in [0.1, 0.15) is 0 Å². The van der Waals surface area contributed by atoms with Gasteiger partial charge < -0.3 is 10.0 Å². The lowest BCUT2D eigenvalue weighted by Crippen LogP contribution is -2.52. The van der Waals surface area contributed by atoms with E-state index in [2.05, 4.69) is 13.8 Å². The van der Waals surface area contributed by atoms with Gasteiger partial charge in [0, 0.05) is 13.0 Å². The van der Waals surface area contributed by atoms with Crippen LogP contribution in [-0.2, 0) is 4.79 Å². The summed E-state index contributed by atoms with van der Waals surface area (Å²) in [6.45, 7) is 8.19. The molecule has 1 fully saturated rings. The molecule has 3 heteroatoms. The number of likely N-dealkylation sites (N-methyl/N-ethyl adjacent to an activating group) is 1. The molecule has 1 atom stereocenters. The Morgan fingerprint density at radius 2 is 2.00 bits per heavy atom. The predicted molar refractivity (Wildman–Crippen MR) is 69.7 cm³/mol. The van der Waals surface area contributed by atoms with E-state index in [0.717, 1.165) is 19.3 Å². The number of nitrogens with zero attached hydrogens (tertiary/aromatic N) is 1. The number of carbonyl (C=O) groups excluding carboxylic acids is 1. The van der Waals surface area contributed by atoms with Gasteiger partial charge in [-0.15, -0.1) is 0 Å². The van der Waals surface area contributed by atoms with Gasteiger partial charge in [-0.25, -0.2) is 0 Å². The number of amides is 1. The molecule has 0 aromatic heterocycles. The summed E-state index contributed by atoms with van der Waals surface area (Å²) in [5.41, 5.74) is -0.375. The second-order valence-corrected chi connectivity index (χ2v) is 6.65. The zero-order valence-electron chi connectivity index (χ0n) is 11.9. The molecular weight excluding hydrogens is 214 g/mol. The molecule has 1 N–H and O–H groups in total. The first kappa shape index (κ1) is 14.5. The fraction of sp³-hybridized carbons (Fsp3) is 0.929. The number of carbonyl (C=O) groups is 1. The van der Waals surface area contributed by atoms with Crippen molar-refractivity contribution < 1.29 is 9.90 Å². The molecule has 1 saturated carbocycles. The molecule has 1 amide bonds. The van der Waals surface area contributed by atoms with Crippen LogP contribution in [0.4, 0.5) is 0 Å². The molecular formula is C14H27NO2. The Morgan fingerprint density at radius 1 is 1.41 bits per heavy atom. The van der Waals surface area contributed by atoms with Gasteiger partial charge in [0.2, 0.25) is 5.91 Å². The van der Waals surface area contributed by atoms with E-state index in [4.69, 9.17) is 0 Å². The van der Waals surface area contributed by atoms with Crippen LogP contribution in [0.2, 0.25) is 0 Å². The molecule has 0 bridgehead atoms. The summed E-state index contributed by atoms with van der Waals surface area (Å²) in [4.78, 5) is 14.3. The molecule has 0 spiro atoms. The van der Waals surface area contributed by atoms with Crippen LogP contribution < -0.4 is 0 Å². The molecule has 1 aliphatic rings. The smallest absolute Gasteiger partial charge is 0.226 e. The van der Waals surface area contributed by atoms with E-state index >= 15 is 0 Å². The van der Waals surface area contributed by atoms with E-state index in [9.17, 15) is 9.90 Å². The second kappa shape index (κ2) is 4.97. The van der Waals surface area contributed by atoms with Gasteiger partial charge in [0.25, 0.3) is 0 Å². The first-order chi connectivity index (χ1) is 7.72. The number of hydrogen-bond donors (Lipinski definition) is 1. The van der Waals surface area contributed by atoms with Crippen molar-refractivity contribution in [3.05, 3.63) is 0 Å². The summed E-state index contributed by atoms with van der Waals surface area (Å²) in [5.74, 6) is 0.292. The summed E-state index contributed by atoms with van der Waals surface area (Å²) in [5, 5.41) is 9.35. The van der Waals surface area contributed by atoms with Crippen molar-refractivity contribution in [3.63, 3.8) is 0 Å². The van der Waals surface area contributed by atoms with Crippen LogP contribution in [0.5, 0.6) is 0 Å². The third-order valence-electron chi connectivity index (χ3n) is 4.43. The maximum Gasteiger partial charge on any atom is 0.226 e. The van der Waals surface area contributed by atoms with Gasteiger partial charge in [-0.1, -0.05) is 26.7 Å². The molecule has 0 aromatic carbocycles. The lowest BCUT2D eigenvalue weighted by Gasteiger charge is -2.43. The summed E-state index contributed by atoms with van der Waals surface area (Å²) in [6.07, 6.45) is 4.48. The van der Waals surface area contributed by atoms with Gasteiger partial charge in [0.05, 0.1) is 12.1 Å². The average molecular weight is 241 g/mol. The highest BCUT2D eigenvalue weighted by Gasteiger charge is 2.41. The van der Waals surface area contributed by atoms with Gasteiger partial charge in [0.15, 0.2) is 0 Å². The van der Waals surface area contributed by atoms with Crippen molar-refractivity contribution in [3.8, 4) is 0 Å². The molecule has 0 radical (unpaired) electrons. The highest BCUT2D eigenvalue weighted by Crippen LogP contribution is 2.41. The Kier molecular flexibility index (Phi) is 4.23. The molecule has 100 valence electrons. The van der Waals surface area contributed by atoms with Crippen LogP contribution in [0, 0.1) is 11.3 Å². The standard InChI is InChI=1S/C14H27NO2/c1-13(2)9-7-6-8-11(13)12(17)15(5)14(3,4)10-16/h11,16H,6-10H2,1-5H3. The van der Waals surface area contributed by atoms with E-state index in [-0.39, 0.29) is 23.8 Å². The normalized spacial score (nSPS) is 24.5. The number of aliphatic hydroxyl groups is 1. The number of aliphatic hydroxyl groups excluding tert-OH is 1. The number of rotatable bonds is 3. The zero-order chi connectivity index (χ0) is 13.3. The van der Waals surface area contributed by atoms with Crippen molar-refractivity contribution in [2.45, 2.75) is 58.9 Å². The minimum atomic E-state index is -0.468. The summed E-state index contributed by atoms with van der Waals surface area (Å²) in [7, 11) is 1.81. The minimum absolute atomic E-state index is 0.00237. The Balaban J connectivity index is 2.82. The van der Waals surface area contributed by atoms with E-state index in [1.54, 1.807) is 4.90 Å². The monoisotopic (exact) mass is 241 g/mol. The van der Waals surface area contributed by atoms with Crippen LogP contribution in [0.1, 0.15) is 53.4 Å². The largest absolute Gasteiger partial charge is 0.394 e. The summed E-state index contributed by atoms with van der Waals surface area (Å²) in [6, 6.07) is 0. The molecule has 0 heterocycles. The van der Waals surface area contributed by atoms with Crippen LogP contribution >= 0.6 is 0 Å². The van der Waals surface area contributed by atoms with Crippen LogP contribution in [0.3, 0.4) is 0 Å². The second-order valence-electron chi connectivity index (χ2n) is 6.65. The van der Waals surface area contributed by atoms with Gasteiger partial charge in [-0.05, 0) is 32.1 Å². The van der Waals surface area contributed by atoms with Crippen LogP contribution in [0.25, 0.3) is 0 Å². The van der Waals surface area contributed by atoms with Gasteiger partial charge in [-0.2, -0.15) is 0 Å². The molecule has 1 rings (SSSR count). The lowest BCUT2D eigenvalue weighted by atomic mass is 9.68. The number of hydrogen-bond acceptors (Lipinski definition) is 2. The lowest BCUT2D eigenvalue weighted by molar-refractivity contribution is -0.146. The van der Waals surface area contributed by atoms with Crippen molar-refractivity contribution >= 4 is 5.91 Å². The third kappa shape index (κ3) is 3.01. The summed E-state index contributed by atoms with van der Waals surface area (Å²) < 4.78 is 0. The minimum Gasteiger partial charge on any atom is -0.394 e. The van der Waals surface area contributed by atoms with Crippen molar-refractivity contribution in [2.24, 2.45) is 11.3 Å². The molecule has 0 saturated heterocycles. The Hall–Kier alpha value is -0.570. The highest BCUT2D eigenvalue weighted by atomic mass is 16.3. The quantitative estimate of drug-likeness (QED) is 0.824. The molecule has 3 nitrogen and oxygen atoms in total. The first-order valence-electron chi connectivity index (χ1n) is 6.61. The molecule has 0 aromatic rings. The zero-order valence-corrected chi connectivity index (χ0v) is 11.9. The van der Waals surface area contributed by atoms with E-state index < -0.39 is 5.54 Å². The predicted octanol–water partition coefficient (Wildman–Crippen LogP) is 2.43. The van der Waals surface area contributed by atoms with Crippen molar-refractivity contribution in [1.82, 2.24) is 4.90 Å². The maximum atomic E-state index is 12.5. The Morgan fingerprint density at radius 3 is 2.47 bits per heavy atom. The van der Waals surface area contributed by atoms with Gasteiger partial charge in [-0.3, -0.25) is 4.79 Å². The molecule has 17 heavy (non-hydrogen) atoms. The van der Waals surface area contributed by atoms with Gasteiger partial charge >= 0.3 is 0 Å². The van der Waals surface area contributed by atoms with E-state index in [1.165, 1.54) is 6.42 Å². The molecule has 0 aliphatic heterocycles. The van der Waals surface area contributed by atoms with Crippen molar-refractivity contribution in [1.29, 1.82) is 0 Å². The first-order valence-corrected chi connectivity index (χ1v) is 6.61. The Labute approximate surface area is 105 Å². The molecule has 1 unspecified atom stereocenters. The Bertz CT molecular complexity index is 284. The fourth-order valence-corrected chi connectivity index (χ4v) is 2.59. The third-order valence-corrected chi connectivity index (χ3v) is 4.43. The summed E-state index contributed by atoms with van der Waals surface area (Å²) >= 11 is 0. The van der Waals surface area contributed by atoms with E-state index in [1.807, 2.05) is 20.9 Å². The van der Waals surface area contributed by atoms with E-state index in [0.29, 0.717) is 0 Å².